The van der Waals surface area contributed by atoms with Gasteiger partial charge in [-0.25, -0.2) is 4.98 Å². The molecule has 3 aromatic carbocycles. The molecule has 0 aliphatic heterocycles. The van der Waals surface area contributed by atoms with Crippen LogP contribution in [0.15, 0.2) is 84.9 Å². The Balaban J connectivity index is 1.84. The highest BCUT2D eigenvalue weighted by Gasteiger charge is 2.18. The molecular formula is C26H27N3. The van der Waals surface area contributed by atoms with Crippen LogP contribution in [0.5, 0.6) is 0 Å². The third kappa shape index (κ3) is 3.68. The molecule has 0 atom stereocenters. The van der Waals surface area contributed by atoms with E-state index in [4.69, 9.17) is 4.98 Å². The van der Waals surface area contributed by atoms with Crippen LogP contribution in [-0.4, -0.2) is 22.6 Å². The first kappa shape index (κ1) is 19.0. The normalized spacial score (nSPS) is 10.9. The fourth-order valence-electron chi connectivity index (χ4n) is 3.89. The predicted molar refractivity (Wildman–Crippen MR) is 123 cm³/mol. The number of benzene rings is 3. The summed E-state index contributed by atoms with van der Waals surface area (Å²) >= 11 is 0. The van der Waals surface area contributed by atoms with Crippen molar-refractivity contribution in [2.75, 3.05) is 18.0 Å². The van der Waals surface area contributed by atoms with Gasteiger partial charge in [0.05, 0.1) is 11.4 Å². The average molecular weight is 382 g/mol. The summed E-state index contributed by atoms with van der Waals surface area (Å²) in [6.45, 7) is 6.39. The minimum absolute atomic E-state index is 0.980. The summed E-state index contributed by atoms with van der Waals surface area (Å²) in [7, 11) is 2.11. The zero-order valence-electron chi connectivity index (χ0n) is 17.3. The fourth-order valence-corrected chi connectivity index (χ4v) is 3.89. The third-order valence-electron chi connectivity index (χ3n) is 5.44. The first-order valence-electron chi connectivity index (χ1n) is 10.3. The van der Waals surface area contributed by atoms with Gasteiger partial charge in [0.2, 0.25) is 0 Å². The van der Waals surface area contributed by atoms with Gasteiger partial charge >= 0.3 is 0 Å². The van der Waals surface area contributed by atoms with Gasteiger partial charge < -0.3 is 9.47 Å². The zero-order chi connectivity index (χ0) is 20.2. The van der Waals surface area contributed by atoms with Crippen molar-refractivity contribution >= 4 is 5.69 Å². The molecule has 0 saturated carbocycles. The predicted octanol–water partition coefficient (Wildman–Crippen LogP) is 6.27. The van der Waals surface area contributed by atoms with Crippen LogP contribution >= 0.6 is 0 Å². The second kappa shape index (κ2) is 8.36. The van der Waals surface area contributed by atoms with Crippen molar-refractivity contribution in [3.63, 3.8) is 0 Å². The maximum absolute atomic E-state index is 5.09. The summed E-state index contributed by atoms with van der Waals surface area (Å²) in [6.07, 6.45) is 0. The van der Waals surface area contributed by atoms with E-state index in [1.165, 1.54) is 11.3 Å². The lowest BCUT2D eigenvalue weighted by Gasteiger charge is -2.21. The smallest absolute Gasteiger partial charge is 0.140 e. The first-order chi connectivity index (χ1) is 14.2. The lowest BCUT2D eigenvalue weighted by molar-refractivity contribution is 0.866. The number of hydrogen-bond acceptors (Lipinski definition) is 2. The van der Waals surface area contributed by atoms with E-state index < -0.39 is 0 Å². The number of nitrogens with zero attached hydrogens (tertiary/aromatic N) is 3. The van der Waals surface area contributed by atoms with Gasteiger partial charge in [0.25, 0.3) is 0 Å². The van der Waals surface area contributed by atoms with Crippen molar-refractivity contribution in [3.05, 3.63) is 84.9 Å². The Bertz CT molecular complexity index is 1060. The Morgan fingerprint density at radius 1 is 0.690 bits per heavy atom. The lowest BCUT2D eigenvalue weighted by atomic mass is 10.1. The van der Waals surface area contributed by atoms with Gasteiger partial charge in [0.1, 0.15) is 5.82 Å². The highest BCUT2D eigenvalue weighted by Crippen LogP contribution is 2.35. The van der Waals surface area contributed by atoms with Crippen LogP contribution in [0, 0.1) is 0 Å². The molecule has 0 N–H and O–H groups in total. The topological polar surface area (TPSA) is 21.1 Å². The molecule has 4 rings (SSSR count). The molecule has 0 radical (unpaired) electrons. The minimum Gasteiger partial charge on any atom is -0.372 e. The first-order valence-corrected chi connectivity index (χ1v) is 10.3. The Morgan fingerprint density at radius 3 is 1.79 bits per heavy atom. The van der Waals surface area contributed by atoms with Crippen molar-refractivity contribution in [1.29, 1.82) is 0 Å². The second-order valence-electron chi connectivity index (χ2n) is 7.14. The van der Waals surface area contributed by atoms with Crippen LogP contribution in [0.1, 0.15) is 13.8 Å². The highest BCUT2D eigenvalue weighted by molar-refractivity contribution is 5.82. The van der Waals surface area contributed by atoms with E-state index >= 15 is 0 Å². The molecule has 3 nitrogen and oxygen atoms in total. The second-order valence-corrected chi connectivity index (χ2v) is 7.14. The molecule has 3 heteroatoms. The fraction of sp³-hybridized carbons (Fsp3) is 0.192. The van der Waals surface area contributed by atoms with E-state index in [0.717, 1.165) is 41.4 Å². The molecule has 1 aromatic heterocycles. The Hall–Kier alpha value is -3.33. The van der Waals surface area contributed by atoms with Crippen molar-refractivity contribution in [1.82, 2.24) is 9.55 Å². The largest absolute Gasteiger partial charge is 0.372 e. The van der Waals surface area contributed by atoms with Crippen molar-refractivity contribution in [2.45, 2.75) is 13.8 Å². The Labute approximate surface area is 173 Å². The van der Waals surface area contributed by atoms with E-state index in [1.807, 2.05) is 6.07 Å². The Kier molecular flexibility index (Phi) is 5.48. The molecule has 146 valence electrons. The van der Waals surface area contributed by atoms with Crippen LogP contribution in [0.4, 0.5) is 5.69 Å². The molecule has 0 unspecified atom stereocenters. The zero-order valence-corrected chi connectivity index (χ0v) is 17.3. The summed E-state index contributed by atoms with van der Waals surface area (Å²) in [4.78, 5) is 7.44. The van der Waals surface area contributed by atoms with E-state index in [-0.39, 0.29) is 0 Å². The van der Waals surface area contributed by atoms with Gasteiger partial charge in [-0.05, 0) is 38.1 Å². The van der Waals surface area contributed by atoms with Gasteiger partial charge in [-0.3, -0.25) is 0 Å². The number of anilines is 1. The molecule has 0 spiro atoms. The summed E-state index contributed by atoms with van der Waals surface area (Å²) in [5.41, 5.74) is 6.84. The van der Waals surface area contributed by atoms with Crippen LogP contribution in [0.3, 0.4) is 0 Å². The van der Waals surface area contributed by atoms with Crippen LogP contribution in [0.2, 0.25) is 0 Å². The molecule has 0 amide bonds. The van der Waals surface area contributed by atoms with Crippen molar-refractivity contribution in [2.24, 2.45) is 7.05 Å². The van der Waals surface area contributed by atoms with Gasteiger partial charge in [-0.15, -0.1) is 0 Å². The molecule has 0 aliphatic carbocycles. The number of aromatic nitrogens is 2. The molecular weight excluding hydrogens is 354 g/mol. The molecule has 29 heavy (non-hydrogen) atoms. The van der Waals surface area contributed by atoms with Crippen molar-refractivity contribution < 1.29 is 0 Å². The van der Waals surface area contributed by atoms with Crippen molar-refractivity contribution in [3.8, 4) is 33.9 Å². The van der Waals surface area contributed by atoms with E-state index in [0.29, 0.717) is 0 Å². The van der Waals surface area contributed by atoms with E-state index in [9.17, 15) is 0 Å². The summed E-state index contributed by atoms with van der Waals surface area (Å²) < 4.78 is 2.21. The number of rotatable bonds is 6. The van der Waals surface area contributed by atoms with Gasteiger partial charge in [-0.1, -0.05) is 60.7 Å². The average Bonchev–Trinajstić information content (AvgIpc) is 3.13. The summed E-state index contributed by atoms with van der Waals surface area (Å²) in [6, 6.07) is 29.7. The molecule has 0 saturated heterocycles. The Morgan fingerprint density at radius 2 is 1.24 bits per heavy atom. The minimum atomic E-state index is 0.980. The summed E-state index contributed by atoms with van der Waals surface area (Å²) in [5, 5.41) is 0. The molecule has 0 fully saturated rings. The number of hydrogen-bond donors (Lipinski definition) is 0. The molecule has 4 aromatic rings. The van der Waals surface area contributed by atoms with Gasteiger partial charge in [0.15, 0.2) is 0 Å². The monoisotopic (exact) mass is 381 g/mol. The maximum atomic E-state index is 5.09. The number of imidazole rings is 1. The molecule has 1 heterocycles. The van der Waals surface area contributed by atoms with Crippen LogP contribution < -0.4 is 4.90 Å². The van der Waals surface area contributed by atoms with Gasteiger partial charge in [0, 0.05) is 42.5 Å². The maximum Gasteiger partial charge on any atom is 0.140 e. The van der Waals surface area contributed by atoms with Crippen LogP contribution in [-0.2, 0) is 7.05 Å². The SMILES string of the molecule is CCN(CC)c1ccc(-c2nc(-c3ccccc3)c(-c3ccccc3)n2C)cc1. The highest BCUT2D eigenvalue weighted by atomic mass is 15.1. The summed E-state index contributed by atoms with van der Waals surface area (Å²) in [5.74, 6) is 0.980. The quantitative estimate of drug-likeness (QED) is 0.393. The standard InChI is InChI=1S/C26H27N3/c1-4-29(5-2)23-18-16-22(17-19-23)26-27-24(20-12-8-6-9-13-20)25(28(26)3)21-14-10-7-11-15-21/h6-19H,4-5H2,1-3H3. The lowest BCUT2D eigenvalue weighted by Crippen LogP contribution is -2.21. The van der Waals surface area contributed by atoms with Crippen LogP contribution in [0.25, 0.3) is 33.9 Å². The van der Waals surface area contributed by atoms with E-state index in [2.05, 4.69) is 109 Å². The van der Waals surface area contributed by atoms with E-state index in [1.54, 1.807) is 0 Å². The molecule has 0 bridgehead atoms. The molecule has 0 aliphatic rings. The van der Waals surface area contributed by atoms with Gasteiger partial charge in [-0.2, -0.15) is 0 Å². The third-order valence-corrected chi connectivity index (χ3v) is 5.44.